The van der Waals surface area contributed by atoms with Crippen LogP contribution in [0.1, 0.15) is 24.0 Å². The molecule has 3 atom stereocenters. The topological polar surface area (TPSA) is 53.7 Å². The predicted molar refractivity (Wildman–Crippen MR) is 93.2 cm³/mol. The minimum atomic E-state index is -0.270. The monoisotopic (exact) mass is 327 g/mol. The van der Waals surface area contributed by atoms with Crippen LogP contribution in [-0.2, 0) is 27.4 Å². The van der Waals surface area contributed by atoms with Gasteiger partial charge in [-0.1, -0.05) is 60.7 Å². The number of rotatable bonds is 7. The van der Waals surface area contributed by atoms with Gasteiger partial charge in [-0.3, -0.25) is 0 Å². The molecule has 0 bridgehead atoms. The third-order valence-corrected chi connectivity index (χ3v) is 4.20. The Hall–Kier alpha value is -1.72. The molecule has 4 heteroatoms. The van der Waals surface area contributed by atoms with E-state index in [0.717, 1.165) is 18.4 Å². The minimum Gasteiger partial charge on any atom is -0.373 e. The first kappa shape index (κ1) is 17.1. The summed E-state index contributed by atoms with van der Waals surface area (Å²) in [6, 6.07) is 20.3. The molecule has 2 N–H and O–H groups in total. The fourth-order valence-electron chi connectivity index (χ4n) is 2.88. The summed E-state index contributed by atoms with van der Waals surface area (Å²) in [6.45, 7) is 1.62. The van der Waals surface area contributed by atoms with E-state index in [1.54, 1.807) is 0 Å². The number of nitrogens with two attached hydrogens (primary N) is 1. The Morgan fingerprint density at radius 3 is 2.00 bits per heavy atom. The third kappa shape index (κ3) is 5.14. The van der Waals surface area contributed by atoms with E-state index in [1.165, 1.54) is 5.56 Å². The summed E-state index contributed by atoms with van der Waals surface area (Å²) in [5.41, 5.74) is 8.12. The summed E-state index contributed by atoms with van der Waals surface area (Å²) in [4.78, 5) is 0. The van der Waals surface area contributed by atoms with Gasteiger partial charge < -0.3 is 19.9 Å². The van der Waals surface area contributed by atoms with Crippen LogP contribution in [0.15, 0.2) is 60.7 Å². The second-order valence-corrected chi connectivity index (χ2v) is 6.11. The van der Waals surface area contributed by atoms with E-state index in [2.05, 4.69) is 12.1 Å². The van der Waals surface area contributed by atoms with Crippen molar-refractivity contribution in [3.63, 3.8) is 0 Å². The Labute approximate surface area is 143 Å². The van der Waals surface area contributed by atoms with Crippen molar-refractivity contribution < 1.29 is 14.2 Å². The molecule has 0 saturated carbocycles. The maximum atomic E-state index is 6.07. The summed E-state index contributed by atoms with van der Waals surface area (Å²) < 4.78 is 17.9. The Bertz CT molecular complexity index is 539. The lowest BCUT2D eigenvalue weighted by atomic mass is 10.0. The lowest BCUT2D eigenvalue weighted by molar-refractivity contribution is -0.225. The molecule has 0 aromatic heterocycles. The van der Waals surface area contributed by atoms with Gasteiger partial charge in [0.2, 0.25) is 0 Å². The molecule has 2 aromatic carbocycles. The molecule has 128 valence electrons. The van der Waals surface area contributed by atoms with Crippen LogP contribution < -0.4 is 5.73 Å². The quantitative estimate of drug-likeness (QED) is 0.848. The van der Waals surface area contributed by atoms with Crippen molar-refractivity contribution in [2.75, 3.05) is 6.54 Å². The Morgan fingerprint density at radius 1 is 0.833 bits per heavy atom. The lowest BCUT2D eigenvalue weighted by Gasteiger charge is -2.34. The fourth-order valence-corrected chi connectivity index (χ4v) is 2.88. The summed E-state index contributed by atoms with van der Waals surface area (Å²) in [7, 11) is 0. The average molecular weight is 327 g/mol. The highest BCUT2D eigenvalue weighted by molar-refractivity contribution is 5.14. The highest BCUT2D eigenvalue weighted by Gasteiger charge is 2.30. The maximum Gasteiger partial charge on any atom is 0.160 e. The van der Waals surface area contributed by atoms with Gasteiger partial charge in [0.1, 0.15) is 0 Å². The Kier molecular flexibility index (Phi) is 6.38. The van der Waals surface area contributed by atoms with Gasteiger partial charge in [-0.2, -0.15) is 0 Å². The van der Waals surface area contributed by atoms with Gasteiger partial charge in [0.15, 0.2) is 6.29 Å². The minimum absolute atomic E-state index is 0.0136. The highest BCUT2D eigenvalue weighted by atomic mass is 16.7. The normalized spacial score (nSPS) is 24.0. The van der Waals surface area contributed by atoms with E-state index in [-0.39, 0.29) is 18.5 Å². The SMILES string of the molecule is NCC1CC(OCc2ccccc2)CC(OCc2ccccc2)O1. The molecule has 24 heavy (non-hydrogen) atoms. The van der Waals surface area contributed by atoms with E-state index in [0.29, 0.717) is 19.8 Å². The summed E-state index contributed by atoms with van der Waals surface area (Å²) in [6.07, 6.45) is 1.37. The summed E-state index contributed by atoms with van der Waals surface area (Å²) in [5, 5.41) is 0. The van der Waals surface area contributed by atoms with Crippen LogP contribution in [0.25, 0.3) is 0 Å². The molecule has 0 spiro atoms. The third-order valence-electron chi connectivity index (χ3n) is 4.20. The molecule has 0 radical (unpaired) electrons. The van der Waals surface area contributed by atoms with E-state index in [9.17, 15) is 0 Å². The molecular weight excluding hydrogens is 302 g/mol. The van der Waals surface area contributed by atoms with Gasteiger partial charge in [0.05, 0.1) is 25.4 Å². The standard InChI is InChI=1S/C20H25NO3/c21-13-19-11-18(22-14-16-7-3-1-4-8-16)12-20(24-19)23-15-17-9-5-2-6-10-17/h1-10,18-20H,11-15,21H2. The van der Waals surface area contributed by atoms with Crippen molar-refractivity contribution in [3.05, 3.63) is 71.8 Å². The van der Waals surface area contributed by atoms with Crippen LogP contribution in [0.5, 0.6) is 0 Å². The molecular formula is C20H25NO3. The van der Waals surface area contributed by atoms with Crippen LogP contribution in [0, 0.1) is 0 Å². The molecule has 1 aliphatic heterocycles. The second kappa shape index (κ2) is 8.94. The molecule has 1 fully saturated rings. The molecule has 0 aliphatic carbocycles. The largest absolute Gasteiger partial charge is 0.373 e. The van der Waals surface area contributed by atoms with Gasteiger partial charge in [-0.25, -0.2) is 0 Å². The smallest absolute Gasteiger partial charge is 0.160 e. The molecule has 3 unspecified atom stereocenters. The van der Waals surface area contributed by atoms with Crippen LogP contribution >= 0.6 is 0 Å². The fraction of sp³-hybridized carbons (Fsp3) is 0.400. The maximum absolute atomic E-state index is 6.07. The number of hydrogen-bond acceptors (Lipinski definition) is 4. The molecule has 2 aromatic rings. The molecule has 1 heterocycles. The van der Waals surface area contributed by atoms with E-state index < -0.39 is 0 Å². The van der Waals surface area contributed by atoms with Gasteiger partial charge in [-0.05, 0) is 11.1 Å². The molecule has 1 aliphatic rings. The highest BCUT2D eigenvalue weighted by Crippen LogP contribution is 2.24. The number of benzene rings is 2. The molecule has 1 saturated heterocycles. The van der Waals surface area contributed by atoms with Crippen molar-refractivity contribution in [2.45, 2.75) is 44.6 Å². The van der Waals surface area contributed by atoms with Crippen molar-refractivity contribution >= 4 is 0 Å². The summed E-state index contributed by atoms with van der Waals surface area (Å²) in [5.74, 6) is 0. The lowest BCUT2D eigenvalue weighted by Crippen LogP contribution is -2.41. The van der Waals surface area contributed by atoms with Crippen molar-refractivity contribution in [2.24, 2.45) is 5.73 Å². The van der Waals surface area contributed by atoms with Crippen molar-refractivity contribution in [3.8, 4) is 0 Å². The van der Waals surface area contributed by atoms with Crippen molar-refractivity contribution in [1.29, 1.82) is 0 Å². The van der Waals surface area contributed by atoms with Gasteiger partial charge >= 0.3 is 0 Å². The van der Waals surface area contributed by atoms with E-state index >= 15 is 0 Å². The number of ether oxygens (including phenoxy) is 3. The Balaban J connectivity index is 1.51. The summed E-state index contributed by atoms with van der Waals surface area (Å²) >= 11 is 0. The molecule has 3 rings (SSSR count). The van der Waals surface area contributed by atoms with Crippen molar-refractivity contribution in [1.82, 2.24) is 0 Å². The van der Waals surface area contributed by atoms with E-state index in [4.69, 9.17) is 19.9 Å². The first-order valence-corrected chi connectivity index (χ1v) is 8.50. The zero-order valence-electron chi connectivity index (χ0n) is 13.8. The van der Waals surface area contributed by atoms with Gasteiger partial charge in [0.25, 0.3) is 0 Å². The first-order chi connectivity index (χ1) is 11.8. The first-order valence-electron chi connectivity index (χ1n) is 8.50. The van der Waals surface area contributed by atoms with Crippen LogP contribution in [0.4, 0.5) is 0 Å². The molecule has 0 amide bonds. The van der Waals surface area contributed by atoms with E-state index in [1.807, 2.05) is 48.5 Å². The second-order valence-electron chi connectivity index (χ2n) is 6.11. The zero-order chi connectivity index (χ0) is 16.6. The van der Waals surface area contributed by atoms with Crippen LogP contribution in [0.2, 0.25) is 0 Å². The molecule has 4 nitrogen and oxygen atoms in total. The zero-order valence-corrected chi connectivity index (χ0v) is 13.8. The van der Waals surface area contributed by atoms with Gasteiger partial charge in [0, 0.05) is 19.4 Å². The number of hydrogen-bond donors (Lipinski definition) is 1. The van der Waals surface area contributed by atoms with Crippen LogP contribution in [-0.4, -0.2) is 25.0 Å². The van der Waals surface area contributed by atoms with Crippen LogP contribution in [0.3, 0.4) is 0 Å². The van der Waals surface area contributed by atoms with Gasteiger partial charge in [-0.15, -0.1) is 0 Å². The predicted octanol–water partition coefficient (Wildman–Crippen LogP) is 3.25. The Morgan fingerprint density at radius 2 is 1.42 bits per heavy atom. The average Bonchev–Trinajstić information content (AvgIpc) is 2.66.